The fourth-order valence-electron chi connectivity index (χ4n) is 2.44. The molecule has 5 N–H and O–H groups in total. The minimum absolute atomic E-state index is 0.0121. The van der Waals surface area contributed by atoms with Crippen molar-refractivity contribution < 1.29 is 27.4 Å². The van der Waals surface area contributed by atoms with Crippen LogP contribution in [-0.2, 0) is 24.2 Å². The van der Waals surface area contributed by atoms with Crippen LogP contribution in [0.3, 0.4) is 0 Å². The second-order valence-corrected chi connectivity index (χ2v) is 9.93. The normalized spacial score (nSPS) is 11.7. The largest absolute Gasteiger partial charge is 0.444 e. The Balaban J connectivity index is 1.64. The topological polar surface area (TPSA) is 180 Å². The first-order valence-corrected chi connectivity index (χ1v) is 12.5. The first-order chi connectivity index (χ1) is 16.4. The summed E-state index contributed by atoms with van der Waals surface area (Å²) in [6.45, 7) is 7.56. The van der Waals surface area contributed by atoms with E-state index >= 15 is 0 Å². The number of halogens is 1. The van der Waals surface area contributed by atoms with Gasteiger partial charge in [-0.1, -0.05) is 0 Å². The number of anilines is 3. The number of nitrogens with zero attached hydrogens (tertiary/aromatic N) is 3. The van der Waals surface area contributed by atoms with Crippen molar-refractivity contribution in [3.05, 3.63) is 29.5 Å². The van der Waals surface area contributed by atoms with Crippen molar-refractivity contribution in [1.29, 1.82) is 0 Å². The highest BCUT2D eigenvalue weighted by Gasteiger charge is 2.15. The Morgan fingerprint density at radius 2 is 1.57 bits per heavy atom. The lowest BCUT2D eigenvalue weighted by Gasteiger charge is -2.19. The Kier molecular flexibility index (Phi) is 10.9. The number of carbonyl (C=O) groups excluding carboxylic acids is 1. The van der Waals surface area contributed by atoms with Gasteiger partial charge in [0.1, 0.15) is 5.60 Å². The zero-order valence-corrected chi connectivity index (χ0v) is 21.3. The first-order valence-electron chi connectivity index (χ1n) is 10.6. The second kappa shape index (κ2) is 13.3. The maximum Gasteiger partial charge on any atom is 0.407 e. The Labute approximate surface area is 209 Å². The molecule has 0 radical (unpaired) electrons. The van der Waals surface area contributed by atoms with Gasteiger partial charge < -0.3 is 30.2 Å². The number of sulfonamides is 1. The quantitative estimate of drug-likeness (QED) is 0.277. The summed E-state index contributed by atoms with van der Waals surface area (Å²) in [7, 11) is -3.78. The number of primary sulfonamides is 1. The average Bonchev–Trinajstić information content (AvgIpc) is 2.73. The van der Waals surface area contributed by atoms with Crippen LogP contribution in [0.15, 0.2) is 29.2 Å². The van der Waals surface area contributed by atoms with Gasteiger partial charge in [-0.25, -0.2) is 18.4 Å². The van der Waals surface area contributed by atoms with Crippen LogP contribution in [0.2, 0.25) is 5.28 Å². The molecule has 0 bridgehead atoms. The van der Waals surface area contributed by atoms with Crippen LogP contribution in [0.25, 0.3) is 0 Å². The van der Waals surface area contributed by atoms with E-state index in [4.69, 9.17) is 31.0 Å². The lowest BCUT2D eigenvalue weighted by atomic mass is 10.2. The summed E-state index contributed by atoms with van der Waals surface area (Å²) in [5.74, 6) is 0.409. The van der Waals surface area contributed by atoms with Gasteiger partial charge in [-0.15, -0.1) is 0 Å². The highest BCUT2D eigenvalue weighted by Crippen LogP contribution is 2.18. The van der Waals surface area contributed by atoms with Crippen molar-refractivity contribution >= 4 is 45.3 Å². The molecule has 0 saturated heterocycles. The zero-order chi connectivity index (χ0) is 25.9. The van der Waals surface area contributed by atoms with Crippen LogP contribution >= 0.6 is 11.6 Å². The second-order valence-electron chi connectivity index (χ2n) is 8.03. The molecule has 1 aromatic heterocycles. The molecular formula is C20H30ClN7O6S. The molecule has 1 heterocycles. The molecular weight excluding hydrogens is 502 g/mol. The van der Waals surface area contributed by atoms with Crippen molar-refractivity contribution in [3.8, 4) is 0 Å². The van der Waals surface area contributed by atoms with Crippen LogP contribution in [0.4, 0.5) is 22.4 Å². The monoisotopic (exact) mass is 531 g/mol. The number of hydrogen-bond acceptors (Lipinski definition) is 11. The van der Waals surface area contributed by atoms with Crippen molar-refractivity contribution in [2.75, 3.05) is 50.2 Å². The van der Waals surface area contributed by atoms with E-state index in [0.717, 1.165) is 0 Å². The Morgan fingerprint density at radius 3 is 2.17 bits per heavy atom. The van der Waals surface area contributed by atoms with E-state index in [1.165, 1.54) is 24.3 Å². The minimum Gasteiger partial charge on any atom is -0.444 e. The van der Waals surface area contributed by atoms with E-state index in [1.54, 1.807) is 20.8 Å². The first kappa shape index (κ1) is 28.5. The molecule has 2 rings (SSSR count). The third-order valence-electron chi connectivity index (χ3n) is 3.86. The summed E-state index contributed by atoms with van der Waals surface area (Å²) in [6.07, 6.45) is -0.486. The smallest absolute Gasteiger partial charge is 0.407 e. The number of benzene rings is 1. The molecule has 0 saturated carbocycles. The molecule has 0 aliphatic carbocycles. The molecule has 0 aliphatic rings. The standard InChI is InChI=1S/C20H30ClN7O6S/c1-20(2,3)34-19(29)24-9-11-33-13-12-32-10-8-23-17-26-16(21)27-18(28-17)25-14-4-6-15(7-5-14)35(22,30)31/h4-7H,8-13H2,1-3H3,(H,24,29)(H2,22,30,31)(H2,23,25,26,27,28). The van der Waals surface area contributed by atoms with E-state index in [0.29, 0.717) is 45.2 Å². The maximum absolute atomic E-state index is 11.5. The summed E-state index contributed by atoms with van der Waals surface area (Å²) in [6, 6.07) is 5.76. The van der Waals surface area contributed by atoms with Crippen molar-refractivity contribution in [1.82, 2.24) is 20.3 Å². The van der Waals surface area contributed by atoms with Crippen molar-refractivity contribution in [3.63, 3.8) is 0 Å². The third-order valence-corrected chi connectivity index (χ3v) is 4.96. The van der Waals surface area contributed by atoms with E-state index in [1.807, 2.05) is 0 Å². The van der Waals surface area contributed by atoms with E-state index in [-0.39, 0.29) is 22.1 Å². The third kappa shape index (κ3) is 12.0. The number of rotatable bonds is 13. The highest BCUT2D eigenvalue weighted by atomic mass is 35.5. The minimum atomic E-state index is -3.78. The predicted octanol–water partition coefficient (Wildman–Crippen LogP) is 1.89. The molecule has 1 amide bonds. The summed E-state index contributed by atoms with van der Waals surface area (Å²) >= 11 is 5.96. The van der Waals surface area contributed by atoms with Gasteiger partial charge in [0, 0.05) is 18.8 Å². The molecule has 0 unspecified atom stereocenters. The zero-order valence-electron chi connectivity index (χ0n) is 19.7. The van der Waals surface area contributed by atoms with Crippen LogP contribution in [0, 0.1) is 0 Å². The van der Waals surface area contributed by atoms with Gasteiger partial charge in [-0.2, -0.15) is 15.0 Å². The molecule has 2 aromatic rings. The lowest BCUT2D eigenvalue weighted by molar-refractivity contribution is 0.0415. The van der Waals surface area contributed by atoms with E-state index in [9.17, 15) is 13.2 Å². The highest BCUT2D eigenvalue weighted by molar-refractivity contribution is 7.89. The molecule has 0 aliphatic heterocycles. The fourth-order valence-corrected chi connectivity index (χ4v) is 3.11. The number of carbonyl (C=O) groups is 1. The molecule has 15 heteroatoms. The number of alkyl carbamates (subject to hydrolysis) is 1. The van der Waals surface area contributed by atoms with Gasteiger partial charge in [0.25, 0.3) is 0 Å². The molecule has 1 aromatic carbocycles. The van der Waals surface area contributed by atoms with E-state index < -0.39 is 21.7 Å². The maximum atomic E-state index is 11.5. The van der Waals surface area contributed by atoms with Gasteiger partial charge in [-0.3, -0.25) is 0 Å². The summed E-state index contributed by atoms with van der Waals surface area (Å²) in [5.41, 5.74) is -0.00269. The number of aromatic nitrogens is 3. The summed E-state index contributed by atoms with van der Waals surface area (Å²) in [5, 5.41) is 13.5. The lowest BCUT2D eigenvalue weighted by Crippen LogP contribution is -2.34. The fraction of sp³-hybridized carbons (Fsp3) is 0.500. The van der Waals surface area contributed by atoms with Gasteiger partial charge >= 0.3 is 6.09 Å². The van der Waals surface area contributed by atoms with Crippen LogP contribution in [-0.4, -0.2) is 74.6 Å². The van der Waals surface area contributed by atoms with Gasteiger partial charge in [0.2, 0.25) is 27.2 Å². The Bertz CT molecular complexity index is 1060. The molecule has 0 atom stereocenters. The molecule has 0 spiro atoms. The van der Waals surface area contributed by atoms with E-state index in [2.05, 4.69) is 30.9 Å². The number of nitrogens with one attached hydrogen (secondary N) is 3. The van der Waals surface area contributed by atoms with Crippen LogP contribution in [0.1, 0.15) is 20.8 Å². The van der Waals surface area contributed by atoms with Gasteiger partial charge in [0.05, 0.1) is 31.3 Å². The summed E-state index contributed by atoms with van der Waals surface area (Å²) < 4.78 is 38.6. The molecule has 0 fully saturated rings. The van der Waals surface area contributed by atoms with Gasteiger partial charge in [0.15, 0.2) is 0 Å². The molecule has 194 valence electrons. The predicted molar refractivity (Wildman–Crippen MR) is 130 cm³/mol. The summed E-state index contributed by atoms with van der Waals surface area (Å²) in [4.78, 5) is 23.7. The van der Waals surface area contributed by atoms with Gasteiger partial charge in [-0.05, 0) is 56.6 Å². The Morgan fingerprint density at radius 1 is 0.971 bits per heavy atom. The Hall–Kier alpha value is -2.78. The SMILES string of the molecule is CC(C)(C)OC(=O)NCCOCCOCCNc1nc(Cl)nc(Nc2ccc(S(N)(=O)=O)cc2)n1. The van der Waals surface area contributed by atoms with Crippen molar-refractivity contribution in [2.45, 2.75) is 31.3 Å². The molecule has 13 nitrogen and oxygen atoms in total. The van der Waals surface area contributed by atoms with Crippen LogP contribution in [0.5, 0.6) is 0 Å². The number of nitrogens with two attached hydrogens (primary N) is 1. The number of amides is 1. The van der Waals surface area contributed by atoms with Crippen LogP contribution < -0.4 is 21.1 Å². The van der Waals surface area contributed by atoms with Crippen molar-refractivity contribution in [2.24, 2.45) is 5.14 Å². The number of ether oxygens (including phenoxy) is 3. The number of hydrogen-bond donors (Lipinski definition) is 4. The molecule has 35 heavy (non-hydrogen) atoms. The average molecular weight is 532 g/mol.